The number of allylic oxidation sites excluding steroid dienone is 1. The number of benzene rings is 3. The maximum atomic E-state index is 12.9. The number of hydrogen-bond donors (Lipinski definition) is 0. The highest BCUT2D eigenvalue weighted by molar-refractivity contribution is 7.84. The van der Waals surface area contributed by atoms with Gasteiger partial charge in [0.1, 0.15) is 11.5 Å². The number of aryl methyl sites for hydroxylation is 1. The van der Waals surface area contributed by atoms with Gasteiger partial charge in [0.05, 0.1) is 42.3 Å². The fraction of sp³-hybridized carbons (Fsp3) is 0.294. The van der Waals surface area contributed by atoms with E-state index in [1.54, 1.807) is 31.8 Å². The summed E-state index contributed by atoms with van der Waals surface area (Å²) in [6, 6.07) is 21.4. The van der Waals surface area contributed by atoms with Gasteiger partial charge in [0.25, 0.3) is 0 Å². The molecule has 0 saturated heterocycles. The van der Waals surface area contributed by atoms with Crippen molar-refractivity contribution in [2.45, 2.75) is 56.7 Å². The highest BCUT2D eigenvalue weighted by Crippen LogP contribution is 2.29. The van der Waals surface area contributed by atoms with Crippen molar-refractivity contribution in [2.24, 2.45) is 0 Å². The normalized spacial score (nSPS) is 12.0. The van der Waals surface area contributed by atoms with Crippen molar-refractivity contribution < 1.29 is 18.5 Å². The fourth-order valence-corrected chi connectivity index (χ4v) is 5.57. The summed E-state index contributed by atoms with van der Waals surface area (Å²) in [5, 5.41) is 0. The summed E-state index contributed by atoms with van der Waals surface area (Å²) < 4.78 is 26.3. The maximum absolute atomic E-state index is 12.9. The Labute approximate surface area is 245 Å². The number of ketones is 1. The number of carbonyl (C=O) groups excluding carboxylic acids is 1. The molecule has 4 aromatic rings. The van der Waals surface area contributed by atoms with Gasteiger partial charge in [-0.2, -0.15) is 0 Å². The third-order valence-corrected chi connectivity index (χ3v) is 8.10. The fourth-order valence-electron chi connectivity index (χ4n) is 4.45. The number of methoxy groups -OCH3 is 1. The Morgan fingerprint density at radius 3 is 2.44 bits per heavy atom. The summed E-state index contributed by atoms with van der Waals surface area (Å²) in [5.41, 5.74) is 4.75. The lowest BCUT2D eigenvalue weighted by Gasteiger charge is -2.10. The number of aromatic nitrogens is 2. The van der Waals surface area contributed by atoms with Gasteiger partial charge in [-0.25, -0.2) is 4.98 Å². The molecule has 0 aliphatic rings. The van der Waals surface area contributed by atoms with E-state index in [0.717, 1.165) is 71.0 Å². The minimum absolute atomic E-state index is 0.0247. The zero-order valence-electron chi connectivity index (χ0n) is 24.0. The molecule has 0 saturated carbocycles. The molecule has 4 rings (SSSR count). The van der Waals surface area contributed by atoms with Gasteiger partial charge in [0, 0.05) is 29.6 Å². The Morgan fingerprint density at radius 2 is 1.73 bits per heavy atom. The SMILES string of the molecule is CCCCOc1ccc(-c2ccc(OC)c(/C=C/C(=O)Cc3ccc([S@@](=O)Cc4cncn4CCC)cc3)c2)cc1. The van der Waals surface area contributed by atoms with E-state index in [-0.39, 0.29) is 12.2 Å². The number of hydrogen-bond acceptors (Lipinski definition) is 5. The molecule has 3 aromatic carbocycles. The van der Waals surface area contributed by atoms with Gasteiger partial charge >= 0.3 is 0 Å². The molecule has 6 nitrogen and oxygen atoms in total. The second kappa shape index (κ2) is 15.1. The Hall–Kier alpha value is -3.97. The van der Waals surface area contributed by atoms with E-state index in [0.29, 0.717) is 11.5 Å². The van der Waals surface area contributed by atoms with Gasteiger partial charge in [0.2, 0.25) is 0 Å². The van der Waals surface area contributed by atoms with Crippen LogP contribution in [0.3, 0.4) is 0 Å². The highest BCUT2D eigenvalue weighted by Gasteiger charge is 2.11. The first-order valence-corrected chi connectivity index (χ1v) is 15.4. The quantitative estimate of drug-likeness (QED) is 0.111. The van der Waals surface area contributed by atoms with Crippen molar-refractivity contribution in [1.82, 2.24) is 9.55 Å². The number of carbonyl (C=O) groups is 1. The zero-order chi connectivity index (χ0) is 29.0. The van der Waals surface area contributed by atoms with Crippen LogP contribution in [0.1, 0.15) is 49.9 Å². The third-order valence-electron chi connectivity index (χ3n) is 6.74. The molecule has 0 bridgehead atoms. The largest absolute Gasteiger partial charge is 0.496 e. The Kier molecular flexibility index (Phi) is 11.1. The Balaban J connectivity index is 1.38. The van der Waals surface area contributed by atoms with Crippen LogP contribution >= 0.6 is 0 Å². The number of ether oxygens (including phenoxy) is 2. The molecule has 1 atom stereocenters. The molecular formula is C34H38N2O4S. The van der Waals surface area contributed by atoms with Crippen LogP contribution in [0.15, 0.2) is 90.2 Å². The van der Waals surface area contributed by atoms with Crippen LogP contribution in [-0.4, -0.2) is 33.3 Å². The predicted octanol–water partition coefficient (Wildman–Crippen LogP) is 7.28. The molecule has 0 aliphatic carbocycles. The standard InChI is InChI=1S/C34H38N2O4S/c1-4-6-20-40-32-14-10-27(11-15-32)28-12-18-34(39-3)29(22-28)9-13-31(37)21-26-7-16-33(17-8-26)41(38)24-30-23-35-25-36(30)19-5-2/h7-18,22-23,25H,4-6,19-21,24H2,1-3H3/b13-9+/t41-/m0/s1. The summed E-state index contributed by atoms with van der Waals surface area (Å²) in [7, 11) is 0.443. The lowest BCUT2D eigenvalue weighted by Crippen LogP contribution is -2.05. The number of nitrogens with zero attached hydrogens (tertiary/aromatic N) is 2. The first-order valence-electron chi connectivity index (χ1n) is 14.1. The lowest BCUT2D eigenvalue weighted by atomic mass is 10.0. The first-order chi connectivity index (χ1) is 20.0. The molecule has 7 heteroatoms. The molecule has 0 radical (unpaired) electrons. The van der Waals surface area contributed by atoms with E-state index >= 15 is 0 Å². The molecule has 214 valence electrons. The molecule has 0 unspecified atom stereocenters. The summed E-state index contributed by atoms with van der Waals surface area (Å²) in [4.78, 5) is 17.7. The molecule has 0 fully saturated rings. The van der Waals surface area contributed by atoms with Crippen LogP contribution < -0.4 is 9.47 Å². The summed E-state index contributed by atoms with van der Waals surface area (Å²) >= 11 is 0. The van der Waals surface area contributed by atoms with E-state index in [1.807, 2.05) is 71.3 Å². The van der Waals surface area contributed by atoms with E-state index < -0.39 is 10.8 Å². The first kappa shape index (κ1) is 30.0. The Morgan fingerprint density at radius 1 is 0.976 bits per heavy atom. The monoisotopic (exact) mass is 570 g/mol. The van der Waals surface area contributed by atoms with Gasteiger partial charge < -0.3 is 14.0 Å². The molecule has 0 N–H and O–H groups in total. The third kappa shape index (κ3) is 8.51. The van der Waals surface area contributed by atoms with Crippen molar-refractivity contribution in [3.63, 3.8) is 0 Å². The van der Waals surface area contributed by atoms with Crippen LogP contribution in [0.5, 0.6) is 11.5 Å². The van der Waals surface area contributed by atoms with Crippen LogP contribution in [0.25, 0.3) is 17.2 Å². The lowest BCUT2D eigenvalue weighted by molar-refractivity contribution is -0.113. The molecule has 1 aromatic heterocycles. The number of unbranched alkanes of at least 4 members (excludes halogenated alkanes) is 1. The highest BCUT2D eigenvalue weighted by atomic mass is 32.2. The van der Waals surface area contributed by atoms with Gasteiger partial charge in [-0.3, -0.25) is 9.00 Å². The van der Waals surface area contributed by atoms with Crippen molar-refractivity contribution >= 4 is 22.7 Å². The van der Waals surface area contributed by atoms with Crippen LogP contribution in [0.2, 0.25) is 0 Å². The summed E-state index contributed by atoms with van der Waals surface area (Å²) in [6.45, 7) is 5.83. The van der Waals surface area contributed by atoms with E-state index in [2.05, 4.69) is 18.8 Å². The average molecular weight is 571 g/mol. The second-order valence-corrected chi connectivity index (χ2v) is 11.3. The topological polar surface area (TPSA) is 70.4 Å². The number of rotatable bonds is 15. The van der Waals surface area contributed by atoms with Gasteiger partial charge in [0.15, 0.2) is 5.78 Å². The minimum Gasteiger partial charge on any atom is -0.496 e. The van der Waals surface area contributed by atoms with E-state index in [4.69, 9.17) is 9.47 Å². The molecule has 0 spiro atoms. The molecule has 41 heavy (non-hydrogen) atoms. The minimum atomic E-state index is -1.18. The van der Waals surface area contributed by atoms with Crippen molar-refractivity contribution in [3.05, 3.63) is 102 Å². The van der Waals surface area contributed by atoms with Gasteiger partial charge in [-0.15, -0.1) is 0 Å². The van der Waals surface area contributed by atoms with E-state index in [1.165, 1.54) is 0 Å². The summed E-state index contributed by atoms with van der Waals surface area (Å²) in [5.74, 6) is 1.95. The summed E-state index contributed by atoms with van der Waals surface area (Å²) in [6.07, 6.45) is 10.3. The number of imidazole rings is 1. The Bertz CT molecular complexity index is 1470. The molecule has 1 heterocycles. The van der Waals surface area contributed by atoms with Crippen LogP contribution in [-0.2, 0) is 34.3 Å². The van der Waals surface area contributed by atoms with Crippen molar-refractivity contribution in [3.8, 4) is 22.6 Å². The maximum Gasteiger partial charge on any atom is 0.160 e. The smallest absolute Gasteiger partial charge is 0.160 e. The van der Waals surface area contributed by atoms with Crippen molar-refractivity contribution in [1.29, 1.82) is 0 Å². The zero-order valence-corrected chi connectivity index (χ0v) is 24.9. The van der Waals surface area contributed by atoms with E-state index in [9.17, 15) is 9.00 Å². The average Bonchev–Trinajstić information content (AvgIpc) is 3.43. The predicted molar refractivity (Wildman–Crippen MR) is 166 cm³/mol. The van der Waals surface area contributed by atoms with Gasteiger partial charge in [-0.05, 0) is 78.1 Å². The second-order valence-electron chi connectivity index (χ2n) is 9.87. The van der Waals surface area contributed by atoms with Crippen LogP contribution in [0, 0.1) is 0 Å². The molecular weight excluding hydrogens is 532 g/mol. The van der Waals surface area contributed by atoms with Gasteiger partial charge in [-0.1, -0.05) is 50.6 Å². The van der Waals surface area contributed by atoms with Crippen molar-refractivity contribution in [2.75, 3.05) is 13.7 Å². The molecule has 0 aliphatic heterocycles. The van der Waals surface area contributed by atoms with Crippen LogP contribution in [0.4, 0.5) is 0 Å². The molecule has 0 amide bonds.